The van der Waals surface area contributed by atoms with Crippen LogP contribution in [0.5, 0.6) is 0 Å². The van der Waals surface area contributed by atoms with Crippen LogP contribution in [0.4, 0.5) is 5.69 Å². The first-order chi connectivity index (χ1) is 13.4. The number of benzene rings is 1. The topological polar surface area (TPSA) is 114 Å². The lowest BCUT2D eigenvalue weighted by molar-refractivity contribution is -0.384. The predicted molar refractivity (Wildman–Crippen MR) is 101 cm³/mol. The number of hydrogen-bond acceptors (Lipinski definition) is 7. The van der Waals surface area contributed by atoms with Crippen molar-refractivity contribution in [1.82, 2.24) is 24.0 Å². The summed E-state index contributed by atoms with van der Waals surface area (Å²) >= 11 is 0. The van der Waals surface area contributed by atoms with E-state index in [2.05, 4.69) is 15.0 Å². The van der Waals surface area contributed by atoms with Crippen molar-refractivity contribution >= 4 is 26.6 Å². The molecule has 1 aliphatic rings. The van der Waals surface area contributed by atoms with E-state index < -0.39 is 14.9 Å². The highest BCUT2D eigenvalue weighted by Gasteiger charge is 2.28. The number of nitrogens with zero attached hydrogens (tertiary/aromatic N) is 6. The molecule has 0 atom stereocenters. The van der Waals surface area contributed by atoms with Crippen LogP contribution >= 0.6 is 0 Å². The summed E-state index contributed by atoms with van der Waals surface area (Å²) < 4.78 is 28.5. The molecule has 0 unspecified atom stereocenters. The van der Waals surface area contributed by atoms with Crippen molar-refractivity contribution in [3.63, 3.8) is 0 Å². The SMILES string of the molecule is O=[N+]([O-])c1ccc2cnn(CN3CCN(S(=O)(=O)c4cccnc4)CC3)c2c1. The van der Waals surface area contributed by atoms with Crippen molar-refractivity contribution in [2.75, 3.05) is 26.2 Å². The molecule has 28 heavy (non-hydrogen) atoms. The summed E-state index contributed by atoms with van der Waals surface area (Å²) in [6.45, 7) is 2.23. The highest BCUT2D eigenvalue weighted by Crippen LogP contribution is 2.22. The number of aromatic nitrogens is 3. The molecule has 1 aromatic carbocycles. The van der Waals surface area contributed by atoms with Crippen LogP contribution in [0.3, 0.4) is 0 Å². The maximum absolute atomic E-state index is 12.7. The van der Waals surface area contributed by atoms with Gasteiger partial charge in [-0.05, 0) is 18.2 Å². The van der Waals surface area contributed by atoms with Crippen molar-refractivity contribution in [3.8, 4) is 0 Å². The van der Waals surface area contributed by atoms with Gasteiger partial charge in [-0.3, -0.25) is 24.7 Å². The Balaban J connectivity index is 1.46. The minimum Gasteiger partial charge on any atom is -0.282 e. The van der Waals surface area contributed by atoms with E-state index in [1.807, 2.05) is 0 Å². The maximum Gasteiger partial charge on any atom is 0.271 e. The first-order valence-electron chi connectivity index (χ1n) is 8.68. The van der Waals surface area contributed by atoms with Crippen molar-refractivity contribution < 1.29 is 13.3 Å². The molecule has 0 bridgehead atoms. The van der Waals surface area contributed by atoms with Crippen LogP contribution in [0, 0.1) is 10.1 Å². The van der Waals surface area contributed by atoms with Crippen molar-refractivity contribution in [2.45, 2.75) is 11.6 Å². The molecule has 1 fully saturated rings. The second-order valence-electron chi connectivity index (χ2n) is 6.50. The molecular weight excluding hydrogens is 384 g/mol. The minimum absolute atomic E-state index is 0.0154. The third-order valence-corrected chi connectivity index (χ3v) is 6.66. The molecule has 2 aromatic heterocycles. The molecule has 146 valence electrons. The first kappa shape index (κ1) is 18.5. The zero-order valence-corrected chi connectivity index (χ0v) is 15.7. The van der Waals surface area contributed by atoms with Gasteiger partial charge in [0.25, 0.3) is 5.69 Å². The van der Waals surface area contributed by atoms with Crippen LogP contribution in [-0.2, 0) is 16.7 Å². The van der Waals surface area contributed by atoms with E-state index in [4.69, 9.17) is 0 Å². The summed E-state index contributed by atoms with van der Waals surface area (Å²) in [5.41, 5.74) is 0.696. The van der Waals surface area contributed by atoms with E-state index in [0.29, 0.717) is 38.4 Å². The van der Waals surface area contributed by atoms with Crippen molar-refractivity contribution in [3.05, 3.63) is 59.0 Å². The van der Waals surface area contributed by atoms with Gasteiger partial charge in [-0.15, -0.1) is 0 Å². The molecule has 1 saturated heterocycles. The molecule has 0 N–H and O–H groups in total. The van der Waals surface area contributed by atoms with Gasteiger partial charge >= 0.3 is 0 Å². The van der Waals surface area contributed by atoms with Crippen LogP contribution in [-0.4, -0.2) is 63.5 Å². The van der Waals surface area contributed by atoms with Gasteiger partial charge in [0, 0.05) is 56.1 Å². The second kappa shape index (κ2) is 7.26. The van der Waals surface area contributed by atoms with Gasteiger partial charge in [-0.2, -0.15) is 9.40 Å². The Kier molecular flexibility index (Phi) is 4.79. The third-order valence-electron chi connectivity index (χ3n) is 4.78. The summed E-state index contributed by atoms with van der Waals surface area (Å²) in [6, 6.07) is 7.78. The molecule has 11 heteroatoms. The normalized spacial score (nSPS) is 16.4. The smallest absolute Gasteiger partial charge is 0.271 e. The zero-order valence-electron chi connectivity index (χ0n) is 14.9. The number of piperazine rings is 1. The van der Waals surface area contributed by atoms with Gasteiger partial charge in [-0.1, -0.05) is 0 Å². The van der Waals surface area contributed by atoms with Gasteiger partial charge in [0.05, 0.1) is 23.3 Å². The Morgan fingerprint density at radius 1 is 1.11 bits per heavy atom. The number of nitro groups is 1. The number of nitro benzene ring substituents is 1. The fourth-order valence-electron chi connectivity index (χ4n) is 3.23. The molecule has 0 radical (unpaired) electrons. The predicted octanol–water partition coefficient (Wildman–Crippen LogP) is 1.30. The van der Waals surface area contributed by atoms with E-state index in [1.165, 1.54) is 34.9 Å². The van der Waals surface area contributed by atoms with E-state index in [0.717, 1.165) is 5.39 Å². The number of hydrogen-bond donors (Lipinski definition) is 0. The van der Waals surface area contributed by atoms with E-state index in [9.17, 15) is 18.5 Å². The summed E-state index contributed by atoms with van der Waals surface area (Å²) in [5.74, 6) is 0. The standard InChI is InChI=1S/C17H18N6O4S/c24-23(25)15-4-3-14-11-19-22(17(14)10-15)13-20-6-8-21(9-7-20)28(26,27)16-2-1-5-18-12-16/h1-5,10-12H,6-9,13H2. The quantitative estimate of drug-likeness (QED) is 0.467. The number of non-ortho nitro benzene ring substituents is 1. The molecular formula is C17H18N6O4S. The monoisotopic (exact) mass is 402 g/mol. The highest BCUT2D eigenvalue weighted by atomic mass is 32.2. The summed E-state index contributed by atoms with van der Waals surface area (Å²) in [7, 11) is -3.55. The largest absolute Gasteiger partial charge is 0.282 e. The van der Waals surface area contributed by atoms with E-state index in [1.54, 1.807) is 23.0 Å². The molecule has 3 heterocycles. The average molecular weight is 402 g/mol. The Morgan fingerprint density at radius 3 is 2.57 bits per heavy atom. The van der Waals surface area contributed by atoms with Crippen LogP contribution in [0.15, 0.2) is 53.8 Å². The molecule has 0 amide bonds. The number of fused-ring (bicyclic) bond motifs is 1. The lowest BCUT2D eigenvalue weighted by Crippen LogP contribution is -2.48. The summed E-state index contributed by atoms with van der Waals surface area (Å²) in [5, 5.41) is 16.2. The van der Waals surface area contributed by atoms with Crippen LogP contribution in [0.25, 0.3) is 10.9 Å². The average Bonchev–Trinajstić information content (AvgIpc) is 3.11. The van der Waals surface area contributed by atoms with Crippen molar-refractivity contribution in [2.24, 2.45) is 0 Å². The summed E-state index contributed by atoms with van der Waals surface area (Å²) in [4.78, 5) is 16.7. The van der Waals surface area contributed by atoms with Crippen LogP contribution in [0.2, 0.25) is 0 Å². The maximum atomic E-state index is 12.7. The third kappa shape index (κ3) is 3.46. The fraction of sp³-hybridized carbons (Fsp3) is 0.294. The minimum atomic E-state index is -3.55. The Bertz CT molecular complexity index is 1110. The van der Waals surface area contributed by atoms with E-state index in [-0.39, 0.29) is 10.6 Å². The van der Waals surface area contributed by atoms with Gasteiger partial charge < -0.3 is 0 Å². The lowest BCUT2D eigenvalue weighted by Gasteiger charge is -2.33. The highest BCUT2D eigenvalue weighted by molar-refractivity contribution is 7.89. The Labute approximate surface area is 161 Å². The van der Waals surface area contributed by atoms with Gasteiger partial charge in [0.15, 0.2) is 0 Å². The second-order valence-corrected chi connectivity index (χ2v) is 8.43. The zero-order chi connectivity index (χ0) is 19.7. The first-order valence-corrected chi connectivity index (χ1v) is 10.1. The van der Waals surface area contributed by atoms with Gasteiger partial charge in [-0.25, -0.2) is 8.42 Å². The Hall–Kier alpha value is -2.89. The van der Waals surface area contributed by atoms with Crippen molar-refractivity contribution in [1.29, 1.82) is 0 Å². The van der Waals surface area contributed by atoms with Crippen LogP contribution < -0.4 is 0 Å². The van der Waals surface area contributed by atoms with E-state index >= 15 is 0 Å². The molecule has 4 rings (SSSR count). The van der Waals surface area contributed by atoms with Gasteiger partial charge in [0.1, 0.15) is 4.90 Å². The molecule has 0 saturated carbocycles. The van der Waals surface area contributed by atoms with Crippen LogP contribution in [0.1, 0.15) is 0 Å². The molecule has 10 nitrogen and oxygen atoms in total. The van der Waals surface area contributed by atoms with Gasteiger partial charge in [0.2, 0.25) is 10.0 Å². The number of sulfonamides is 1. The lowest BCUT2D eigenvalue weighted by atomic mass is 10.2. The fourth-order valence-corrected chi connectivity index (χ4v) is 4.62. The summed E-state index contributed by atoms with van der Waals surface area (Å²) in [6.07, 6.45) is 4.56. The molecule has 0 aliphatic carbocycles. The Morgan fingerprint density at radius 2 is 1.89 bits per heavy atom. The molecule has 3 aromatic rings. The number of pyridine rings is 1. The molecule has 0 spiro atoms. The number of rotatable bonds is 5. The molecule has 1 aliphatic heterocycles.